The number of pyridine rings is 1. The Morgan fingerprint density at radius 2 is 1.95 bits per heavy atom. The summed E-state index contributed by atoms with van der Waals surface area (Å²) in [4.78, 5) is 39.3. The van der Waals surface area contributed by atoms with Crippen molar-refractivity contribution in [2.45, 2.75) is 0 Å². The number of carbonyl (C=O) groups is 3. The molecule has 2 rings (SSSR count). The lowest BCUT2D eigenvalue weighted by atomic mass is 10.3. The third-order valence-corrected chi connectivity index (χ3v) is 3.08. The fourth-order valence-electron chi connectivity index (χ4n) is 1.57. The standard InChI is InChI=1S/C12H10IN3O3/c13-9-5-8(6-14-7-9)12(19)15-3-4-16-10(17)1-2-11(16)18/h1-2,5-7H,3-4H2,(H,15,19). The van der Waals surface area contributed by atoms with Gasteiger partial charge in [-0.3, -0.25) is 24.3 Å². The molecule has 1 aromatic heterocycles. The van der Waals surface area contributed by atoms with Gasteiger partial charge in [-0.1, -0.05) is 0 Å². The van der Waals surface area contributed by atoms with Gasteiger partial charge in [0.15, 0.2) is 0 Å². The Hall–Kier alpha value is -1.77. The topological polar surface area (TPSA) is 79.4 Å². The first-order valence-electron chi connectivity index (χ1n) is 5.50. The molecule has 0 atom stereocenters. The second kappa shape index (κ2) is 5.91. The minimum absolute atomic E-state index is 0.160. The van der Waals surface area contributed by atoms with Crippen LogP contribution in [0.4, 0.5) is 0 Å². The molecule has 0 saturated heterocycles. The van der Waals surface area contributed by atoms with E-state index in [0.29, 0.717) is 5.56 Å². The van der Waals surface area contributed by atoms with Crippen molar-refractivity contribution in [3.05, 3.63) is 39.7 Å². The zero-order valence-corrected chi connectivity index (χ0v) is 12.0. The number of halogens is 1. The highest BCUT2D eigenvalue weighted by Crippen LogP contribution is 2.05. The molecule has 3 amide bonds. The molecule has 2 heterocycles. The molecule has 19 heavy (non-hydrogen) atoms. The minimum Gasteiger partial charge on any atom is -0.350 e. The average molecular weight is 371 g/mol. The van der Waals surface area contributed by atoms with Gasteiger partial charge in [0.25, 0.3) is 17.7 Å². The van der Waals surface area contributed by atoms with Crippen molar-refractivity contribution >= 4 is 40.3 Å². The summed E-state index contributed by atoms with van der Waals surface area (Å²) < 4.78 is 0.861. The maximum absolute atomic E-state index is 11.8. The van der Waals surface area contributed by atoms with Crippen molar-refractivity contribution < 1.29 is 14.4 Å². The molecule has 0 aromatic carbocycles. The third kappa shape index (κ3) is 3.37. The molecular weight excluding hydrogens is 361 g/mol. The lowest BCUT2D eigenvalue weighted by molar-refractivity contribution is -0.136. The summed E-state index contributed by atoms with van der Waals surface area (Å²) in [6.45, 7) is 0.372. The van der Waals surface area contributed by atoms with Crippen LogP contribution in [0, 0.1) is 3.57 Å². The third-order valence-electron chi connectivity index (χ3n) is 2.49. The SMILES string of the molecule is O=C(NCCN1C(=O)C=CC1=O)c1cncc(I)c1. The summed E-state index contributed by atoms with van der Waals surface area (Å²) in [5.41, 5.74) is 0.448. The Kier molecular flexibility index (Phi) is 4.25. The van der Waals surface area contributed by atoms with E-state index in [1.54, 1.807) is 12.3 Å². The van der Waals surface area contributed by atoms with Crippen LogP contribution in [0.1, 0.15) is 10.4 Å². The predicted molar refractivity (Wildman–Crippen MR) is 75.1 cm³/mol. The highest BCUT2D eigenvalue weighted by atomic mass is 127. The molecular formula is C12H10IN3O3. The van der Waals surface area contributed by atoms with Crippen LogP contribution in [0.5, 0.6) is 0 Å². The first-order valence-corrected chi connectivity index (χ1v) is 6.58. The van der Waals surface area contributed by atoms with E-state index in [1.807, 2.05) is 0 Å². The van der Waals surface area contributed by atoms with Crippen molar-refractivity contribution in [2.75, 3.05) is 13.1 Å². The van der Waals surface area contributed by atoms with E-state index in [9.17, 15) is 14.4 Å². The molecule has 0 radical (unpaired) electrons. The van der Waals surface area contributed by atoms with E-state index in [2.05, 4.69) is 32.9 Å². The first kappa shape index (κ1) is 13.7. The van der Waals surface area contributed by atoms with Crippen molar-refractivity contribution in [2.24, 2.45) is 0 Å². The summed E-state index contributed by atoms with van der Waals surface area (Å²) in [5.74, 6) is -0.983. The number of hydrogen-bond acceptors (Lipinski definition) is 4. The van der Waals surface area contributed by atoms with Gasteiger partial charge in [-0.05, 0) is 28.7 Å². The van der Waals surface area contributed by atoms with Gasteiger partial charge >= 0.3 is 0 Å². The van der Waals surface area contributed by atoms with E-state index in [4.69, 9.17) is 0 Å². The number of nitrogens with zero attached hydrogens (tertiary/aromatic N) is 2. The Morgan fingerprint density at radius 3 is 2.58 bits per heavy atom. The number of hydrogen-bond donors (Lipinski definition) is 1. The monoisotopic (exact) mass is 371 g/mol. The van der Waals surface area contributed by atoms with Gasteiger partial charge in [0.05, 0.1) is 5.56 Å². The van der Waals surface area contributed by atoms with E-state index in [-0.39, 0.29) is 30.8 Å². The van der Waals surface area contributed by atoms with Gasteiger partial charge in [-0.25, -0.2) is 0 Å². The molecule has 7 heteroatoms. The van der Waals surface area contributed by atoms with Crippen LogP contribution in [0.25, 0.3) is 0 Å². The number of nitrogens with one attached hydrogen (secondary N) is 1. The molecule has 0 bridgehead atoms. The van der Waals surface area contributed by atoms with Gasteiger partial charge in [0.2, 0.25) is 0 Å². The van der Waals surface area contributed by atoms with Gasteiger partial charge in [-0.15, -0.1) is 0 Å². The first-order chi connectivity index (χ1) is 9.08. The molecule has 1 aliphatic rings. The van der Waals surface area contributed by atoms with Crippen LogP contribution in [-0.2, 0) is 9.59 Å². The average Bonchev–Trinajstić information content (AvgIpc) is 2.70. The van der Waals surface area contributed by atoms with Crippen molar-refractivity contribution in [1.29, 1.82) is 0 Å². The van der Waals surface area contributed by atoms with Crippen LogP contribution < -0.4 is 5.32 Å². The Balaban J connectivity index is 1.85. The van der Waals surface area contributed by atoms with Crippen molar-refractivity contribution in [3.63, 3.8) is 0 Å². The zero-order chi connectivity index (χ0) is 13.8. The van der Waals surface area contributed by atoms with E-state index < -0.39 is 0 Å². The van der Waals surface area contributed by atoms with Crippen LogP contribution in [0.3, 0.4) is 0 Å². The molecule has 0 saturated carbocycles. The molecule has 98 valence electrons. The predicted octanol–water partition coefficient (Wildman–Crippen LogP) is 0.341. The molecule has 1 aromatic rings. The molecule has 0 fully saturated rings. The fraction of sp³-hybridized carbons (Fsp3) is 0.167. The maximum Gasteiger partial charge on any atom is 0.253 e. The quantitative estimate of drug-likeness (QED) is 0.612. The second-order valence-corrected chi connectivity index (χ2v) is 5.05. The minimum atomic E-state index is -0.352. The van der Waals surface area contributed by atoms with Crippen LogP contribution in [0.2, 0.25) is 0 Å². The molecule has 1 N–H and O–H groups in total. The molecule has 0 aliphatic carbocycles. The molecule has 0 unspecified atom stereocenters. The molecule has 6 nitrogen and oxygen atoms in total. The lowest BCUT2D eigenvalue weighted by Gasteiger charge is -2.13. The second-order valence-electron chi connectivity index (χ2n) is 3.81. The fourth-order valence-corrected chi connectivity index (χ4v) is 2.07. The lowest BCUT2D eigenvalue weighted by Crippen LogP contribution is -2.38. The van der Waals surface area contributed by atoms with E-state index in [1.165, 1.54) is 18.3 Å². The van der Waals surface area contributed by atoms with E-state index >= 15 is 0 Å². The number of imide groups is 1. The van der Waals surface area contributed by atoms with Crippen LogP contribution >= 0.6 is 22.6 Å². The Bertz CT molecular complexity index is 553. The largest absolute Gasteiger partial charge is 0.350 e. The number of amides is 3. The number of rotatable bonds is 4. The summed E-state index contributed by atoms with van der Waals surface area (Å²) >= 11 is 2.06. The summed E-state index contributed by atoms with van der Waals surface area (Å²) in [6.07, 6.45) is 5.54. The van der Waals surface area contributed by atoms with Gasteiger partial charge in [0, 0.05) is 41.2 Å². The van der Waals surface area contributed by atoms with Gasteiger partial charge in [-0.2, -0.15) is 0 Å². The molecule has 1 aliphatic heterocycles. The number of carbonyl (C=O) groups excluding carboxylic acids is 3. The summed E-state index contributed by atoms with van der Waals surface area (Å²) in [6, 6.07) is 1.70. The van der Waals surface area contributed by atoms with Crippen LogP contribution in [-0.4, -0.2) is 40.7 Å². The normalized spacial score (nSPS) is 14.1. The maximum atomic E-state index is 11.8. The highest BCUT2D eigenvalue weighted by Gasteiger charge is 2.22. The highest BCUT2D eigenvalue weighted by molar-refractivity contribution is 14.1. The summed E-state index contributed by atoms with van der Waals surface area (Å²) in [7, 11) is 0. The zero-order valence-electron chi connectivity index (χ0n) is 9.80. The van der Waals surface area contributed by atoms with Crippen molar-refractivity contribution in [1.82, 2.24) is 15.2 Å². The Labute approximate surface area is 123 Å². The smallest absolute Gasteiger partial charge is 0.253 e. The molecule has 0 spiro atoms. The van der Waals surface area contributed by atoms with Gasteiger partial charge < -0.3 is 5.32 Å². The Morgan fingerprint density at radius 1 is 1.26 bits per heavy atom. The summed E-state index contributed by atoms with van der Waals surface area (Å²) in [5, 5.41) is 2.64. The van der Waals surface area contributed by atoms with E-state index in [0.717, 1.165) is 8.47 Å². The van der Waals surface area contributed by atoms with Crippen LogP contribution in [0.15, 0.2) is 30.6 Å². The number of aromatic nitrogens is 1. The van der Waals surface area contributed by atoms with Gasteiger partial charge in [0.1, 0.15) is 0 Å². The van der Waals surface area contributed by atoms with Crippen molar-refractivity contribution in [3.8, 4) is 0 Å².